The molecule has 0 saturated carbocycles. The number of hydrogen-bond acceptors (Lipinski definition) is 7. The highest BCUT2D eigenvalue weighted by molar-refractivity contribution is 5.97. The Labute approximate surface area is 152 Å². The molecule has 0 aliphatic carbocycles. The fraction of sp³-hybridized carbons (Fsp3) is 0.118. The minimum absolute atomic E-state index is 0.0394. The number of hydrazone groups is 1. The van der Waals surface area contributed by atoms with E-state index < -0.39 is 16.7 Å². The Bertz CT molecular complexity index is 910. The molecule has 0 unspecified atom stereocenters. The molecule has 2 N–H and O–H groups in total. The number of carbonyl (C=O) groups is 2. The van der Waals surface area contributed by atoms with E-state index in [1.807, 2.05) is 0 Å². The first-order valence-electron chi connectivity index (χ1n) is 7.77. The number of hydrogen-bond donors (Lipinski definition) is 2. The van der Waals surface area contributed by atoms with Crippen LogP contribution in [-0.2, 0) is 4.79 Å². The van der Waals surface area contributed by atoms with Crippen LogP contribution in [0.3, 0.4) is 0 Å². The second-order valence-corrected chi connectivity index (χ2v) is 5.39. The van der Waals surface area contributed by atoms with Crippen molar-refractivity contribution in [1.29, 1.82) is 0 Å². The largest absolute Gasteiger partial charge is 0.454 e. The van der Waals surface area contributed by atoms with Gasteiger partial charge >= 0.3 is 0 Å². The maximum atomic E-state index is 12.1. The second kappa shape index (κ2) is 7.95. The van der Waals surface area contributed by atoms with E-state index in [0.29, 0.717) is 22.6 Å². The van der Waals surface area contributed by atoms with Gasteiger partial charge in [-0.1, -0.05) is 0 Å². The number of nitro benzene ring substituents is 1. The van der Waals surface area contributed by atoms with Crippen LogP contribution in [-0.4, -0.2) is 36.3 Å². The van der Waals surface area contributed by atoms with E-state index in [1.54, 1.807) is 12.1 Å². The standard InChI is InChI=1S/C17H14N4O6/c22-16(20-19-8-11-1-4-13(5-2-11)21(24)25)9-18-17(23)12-3-6-14-15(7-12)27-10-26-14/h1-8H,9-10H2,(H,18,23)(H,20,22). The molecule has 1 aliphatic rings. The molecule has 0 bridgehead atoms. The molecule has 10 nitrogen and oxygen atoms in total. The Hall–Kier alpha value is -3.95. The number of amides is 2. The number of nitro groups is 1. The predicted octanol–water partition coefficient (Wildman–Crippen LogP) is 1.20. The molecule has 10 heteroatoms. The van der Waals surface area contributed by atoms with Crippen LogP contribution in [0.4, 0.5) is 5.69 Å². The van der Waals surface area contributed by atoms with Crippen molar-refractivity contribution >= 4 is 23.7 Å². The lowest BCUT2D eigenvalue weighted by atomic mass is 10.2. The summed E-state index contributed by atoms with van der Waals surface area (Å²) in [6.45, 7) is -0.166. The number of nitrogens with one attached hydrogen (secondary N) is 2. The first-order valence-corrected chi connectivity index (χ1v) is 7.77. The highest BCUT2D eigenvalue weighted by atomic mass is 16.7. The van der Waals surface area contributed by atoms with Gasteiger partial charge in [-0.15, -0.1) is 0 Å². The Balaban J connectivity index is 1.46. The number of fused-ring (bicyclic) bond motifs is 1. The summed E-state index contributed by atoms with van der Waals surface area (Å²) in [5, 5.41) is 16.8. The smallest absolute Gasteiger partial charge is 0.269 e. The molecule has 0 radical (unpaired) electrons. The summed E-state index contributed by atoms with van der Waals surface area (Å²) >= 11 is 0. The Morgan fingerprint density at radius 2 is 1.89 bits per heavy atom. The minimum Gasteiger partial charge on any atom is -0.454 e. The normalized spacial score (nSPS) is 12.0. The Kier molecular flexibility index (Phi) is 5.26. The lowest BCUT2D eigenvalue weighted by molar-refractivity contribution is -0.384. The van der Waals surface area contributed by atoms with Crippen molar-refractivity contribution in [3.05, 3.63) is 63.7 Å². The fourth-order valence-corrected chi connectivity index (χ4v) is 2.20. The van der Waals surface area contributed by atoms with Crippen molar-refractivity contribution in [3.8, 4) is 11.5 Å². The van der Waals surface area contributed by atoms with Crippen LogP contribution in [0.1, 0.15) is 15.9 Å². The molecular weight excluding hydrogens is 356 g/mol. The van der Waals surface area contributed by atoms with Gasteiger partial charge in [0.15, 0.2) is 11.5 Å². The number of ether oxygens (including phenoxy) is 2. The molecule has 1 heterocycles. The molecule has 0 atom stereocenters. The third kappa shape index (κ3) is 4.57. The molecule has 2 amide bonds. The third-order valence-electron chi connectivity index (χ3n) is 3.55. The van der Waals surface area contributed by atoms with Gasteiger partial charge in [0, 0.05) is 17.7 Å². The van der Waals surface area contributed by atoms with E-state index in [2.05, 4.69) is 15.8 Å². The first kappa shape index (κ1) is 17.9. The summed E-state index contributed by atoms with van der Waals surface area (Å²) in [7, 11) is 0. The lowest BCUT2D eigenvalue weighted by Gasteiger charge is -2.05. The van der Waals surface area contributed by atoms with Crippen LogP contribution in [0.2, 0.25) is 0 Å². The van der Waals surface area contributed by atoms with E-state index in [0.717, 1.165) is 0 Å². The average Bonchev–Trinajstić information content (AvgIpc) is 3.14. The van der Waals surface area contributed by atoms with E-state index in [1.165, 1.54) is 36.5 Å². The van der Waals surface area contributed by atoms with Gasteiger partial charge < -0.3 is 14.8 Å². The molecule has 27 heavy (non-hydrogen) atoms. The van der Waals surface area contributed by atoms with Gasteiger partial charge in [0.2, 0.25) is 6.79 Å². The van der Waals surface area contributed by atoms with Crippen molar-refractivity contribution in [2.24, 2.45) is 5.10 Å². The predicted molar refractivity (Wildman–Crippen MR) is 93.7 cm³/mol. The minimum atomic E-state index is -0.526. The molecule has 0 saturated heterocycles. The molecule has 138 valence electrons. The monoisotopic (exact) mass is 370 g/mol. The fourth-order valence-electron chi connectivity index (χ4n) is 2.20. The number of benzene rings is 2. The number of carbonyl (C=O) groups excluding carboxylic acids is 2. The van der Waals surface area contributed by atoms with Crippen LogP contribution < -0.4 is 20.2 Å². The van der Waals surface area contributed by atoms with Gasteiger partial charge in [0.1, 0.15) is 0 Å². The highest BCUT2D eigenvalue weighted by Gasteiger charge is 2.16. The summed E-state index contributed by atoms with van der Waals surface area (Å²) in [5.41, 5.74) is 3.12. The van der Waals surface area contributed by atoms with Gasteiger partial charge in [0.25, 0.3) is 17.5 Å². The quantitative estimate of drug-likeness (QED) is 0.446. The number of nitrogens with zero attached hydrogens (tertiary/aromatic N) is 2. The summed E-state index contributed by atoms with van der Waals surface area (Å²) < 4.78 is 10.4. The van der Waals surface area contributed by atoms with E-state index in [9.17, 15) is 19.7 Å². The summed E-state index contributed by atoms with van der Waals surface area (Å²) in [6.07, 6.45) is 1.33. The highest BCUT2D eigenvalue weighted by Crippen LogP contribution is 2.32. The van der Waals surface area contributed by atoms with Crippen LogP contribution in [0.15, 0.2) is 47.6 Å². The van der Waals surface area contributed by atoms with Crippen LogP contribution in [0.25, 0.3) is 0 Å². The van der Waals surface area contributed by atoms with Gasteiger partial charge in [0.05, 0.1) is 17.7 Å². The van der Waals surface area contributed by atoms with Crippen molar-refractivity contribution in [1.82, 2.24) is 10.7 Å². The lowest BCUT2D eigenvalue weighted by Crippen LogP contribution is -2.34. The van der Waals surface area contributed by atoms with Crippen molar-refractivity contribution < 1.29 is 24.0 Å². The van der Waals surface area contributed by atoms with Crippen LogP contribution >= 0.6 is 0 Å². The molecular formula is C17H14N4O6. The molecule has 1 aliphatic heterocycles. The molecule has 3 rings (SSSR count). The summed E-state index contributed by atoms with van der Waals surface area (Å²) in [6, 6.07) is 10.4. The number of rotatable bonds is 6. The molecule has 0 fully saturated rings. The second-order valence-electron chi connectivity index (χ2n) is 5.39. The number of non-ortho nitro benzene ring substituents is 1. The summed E-state index contributed by atoms with van der Waals surface area (Å²) in [4.78, 5) is 33.8. The topological polar surface area (TPSA) is 132 Å². The SMILES string of the molecule is O=C(CNC(=O)c1ccc2c(c1)OCO2)NN=Cc1ccc([N+](=O)[O-])cc1. The Morgan fingerprint density at radius 1 is 1.15 bits per heavy atom. The first-order chi connectivity index (χ1) is 13.0. The van der Waals surface area contributed by atoms with Crippen molar-refractivity contribution in [3.63, 3.8) is 0 Å². The van der Waals surface area contributed by atoms with Gasteiger partial charge in [-0.25, -0.2) is 5.43 Å². The van der Waals surface area contributed by atoms with E-state index >= 15 is 0 Å². The average molecular weight is 370 g/mol. The van der Waals surface area contributed by atoms with E-state index in [4.69, 9.17) is 9.47 Å². The van der Waals surface area contributed by atoms with Crippen LogP contribution in [0.5, 0.6) is 11.5 Å². The molecule has 0 aromatic heterocycles. The Morgan fingerprint density at radius 3 is 2.63 bits per heavy atom. The van der Waals surface area contributed by atoms with Gasteiger partial charge in [-0.05, 0) is 35.9 Å². The zero-order valence-electron chi connectivity index (χ0n) is 13.9. The van der Waals surface area contributed by atoms with E-state index in [-0.39, 0.29) is 19.0 Å². The zero-order valence-corrected chi connectivity index (χ0v) is 13.9. The third-order valence-corrected chi connectivity index (χ3v) is 3.55. The van der Waals surface area contributed by atoms with Crippen molar-refractivity contribution in [2.75, 3.05) is 13.3 Å². The van der Waals surface area contributed by atoms with Gasteiger partial charge in [-0.2, -0.15) is 5.10 Å². The maximum absolute atomic E-state index is 12.1. The molecule has 0 spiro atoms. The summed E-state index contributed by atoms with van der Waals surface area (Å²) in [5.74, 6) is 0.0646. The van der Waals surface area contributed by atoms with Crippen LogP contribution in [0, 0.1) is 10.1 Å². The maximum Gasteiger partial charge on any atom is 0.269 e. The molecule has 2 aromatic carbocycles. The van der Waals surface area contributed by atoms with Crippen molar-refractivity contribution in [2.45, 2.75) is 0 Å². The van der Waals surface area contributed by atoms with Gasteiger partial charge in [-0.3, -0.25) is 19.7 Å². The zero-order chi connectivity index (χ0) is 19.2. The molecule has 2 aromatic rings.